The molecule has 0 radical (unpaired) electrons. The number of amides is 4. The fourth-order valence-corrected chi connectivity index (χ4v) is 11.8. The lowest BCUT2D eigenvalue weighted by Crippen LogP contribution is -2.35. The summed E-state index contributed by atoms with van der Waals surface area (Å²) in [5.74, 6) is -4.51. The van der Waals surface area contributed by atoms with Gasteiger partial charge in [-0.25, -0.2) is 0 Å². The summed E-state index contributed by atoms with van der Waals surface area (Å²) < 4.78 is 2.86. The zero-order valence-electron chi connectivity index (χ0n) is 28.0. The molecule has 2 aromatic carbocycles. The normalized spacial score (nSPS) is 11.4. The molecule has 0 aliphatic heterocycles. The second-order valence-corrected chi connectivity index (χ2v) is 16.7. The van der Waals surface area contributed by atoms with E-state index in [4.69, 9.17) is 42.1 Å². The molecule has 0 aliphatic carbocycles. The molecule has 26 heteroatoms. The molecule has 2 atom stereocenters. The molecular formula is C29H36I6N6O14. The largest absolute Gasteiger partial charge is 0.481 e. The van der Waals surface area contributed by atoms with Crippen LogP contribution in [-0.2, 0) is 9.59 Å². The number of aliphatic carboxylic acids is 2. The molecule has 0 aliphatic rings. The topological polar surface area (TPSA) is 364 Å². The first-order chi connectivity index (χ1) is 25.6. The molecule has 55 heavy (non-hydrogen) atoms. The number of carbonyl (C=O) groups excluding carboxylic acids is 4. The third kappa shape index (κ3) is 17.4. The van der Waals surface area contributed by atoms with Gasteiger partial charge in [0.2, 0.25) is 0 Å². The summed E-state index contributed by atoms with van der Waals surface area (Å²) in [6.45, 7) is -1.44. The molecule has 2 rings (SSSR count). The molecule has 0 bridgehead atoms. The van der Waals surface area contributed by atoms with Gasteiger partial charge in [0.1, 0.15) is 6.42 Å². The van der Waals surface area contributed by atoms with Crippen LogP contribution in [0.1, 0.15) is 47.9 Å². The standard InChI is InChI=1S/2C13H16I3N3O5.C3H4O4/c2*14-8-6(12(23)18-1-2-20)9(15)11(17)10(16)7(8)13(24)19-3-5(22)4-21;4-2(5)1-3(6)7/h2*5,20-22H,1-4,17H2,(H,18,23)(H,19,24);1H2,(H,4,5)(H,6,7). The molecule has 308 valence electrons. The van der Waals surface area contributed by atoms with Gasteiger partial charge in [0.05, 0.1) is 86.5 Å². The van der Waals surface area contributed by atoms with Crippen molar-refractivity contribution in [2.75, 3.05) is 64.1 Å². The van der Waals surface area contributed by atoms with Crippen molar-refractivity contribution in [1.29, 1.82) is 0 Å². The molecule has 0 heterocycles. The third-order valence-corrected chi connectivity index (χ3v) is 12.8. The number of nitrogens with two attached hydrogens (primary N) is 2. The third-order valence-electron chi connectivity index (χ3n) is 6.13. The molecule has 16 N–H and O–H groups in total. The quantitative estimate of drug-likeness (QED) is 0.0563. The minimum absolute atomic E-state index is 0.0844. The molecule has 20 nitrogen and oxygen atoms in total. The Labute approximate surface area is 394 Å². The number of carboxylic acids is 2. The molecule has 2 aromatic rings. The van der Waals surface area contributed by atoms with Crippen molar-refractivity contribution >= 4 is 182 Å². The minimum atomic E-state index is -1.31. The van der Waals surface area contributed by atoms with Gasteiger partial charge < -0.3 is 73.6 Å². The monoisotopic (exact) mass is 1450 g/mol. The van der Waals surface area contributed by atoms with Crippen molar-refractivity contribution in [2.45, 2.75) is 18.6 Å². The number of hydrogen-bond acceptors (Lipinski definition) is 14. The summed E-state index contributed by atoms with van der Waals surface area (Å²) in [5, 5.41) is 79.5. The van der Waals surface area contributed by atoms with Crippen LogP contribution in [0.3, 0.4) is 0 Å². The van der Waals surface area contributed by atoms with Crippen LogP contribution in [0.25, 0.3) is 0 Å². The van der Waals surface area contributed by atoms with Crippen molar-refractivity contribution in [3.8, 4) is 0 Å². The van der Waals surface area contributed by atoms with E-state index >= 15 is 0 Å². The Balaban J connectivity index is 0.000000904. The van der Waals surface area contributed by atoms with Gasteiger partial charge in [-0.05, 0) is 136 Å². The zero-order chi connectivity index (χ0) is 42.7. The highest BCUT2D eigenvalue weighted by Gasteiger charge is 2.28. The second kappa shape index (κ2) is 27.6. The van der Waals surface area contributed by atoms with E-state index in [2.05, 4.69) is 21.3 Å². The first kappa shape index (κ1) is 54.0. The maximum Gasteiger partial charge on any atom is 0.314 e. The lowest BCUT2D eigenvalue weighted by Gasteiger charge is -2.17. The van der Waals surface area contributed by atoms with Gasteiger partial charge in [-0.1, -0.05) is 0 Å². The van der Waals surface area contributed by atoms with E-state index in [0.29, 0.717) is 32.8 Å². The van der Waals surface area contributed by atoms with Gasteiger partial charge in [-0.15, -0.1) is 0 Å². The van der Waals surface area contributed by atoms with Crippen LogP contribution in [-0.4, -0.2) is 141 Å². The average molecular weight is 1450 g/mol. The van der Waals surface area contributed by atoms with Gasteiger partial charge in [0, 0.05) is 33.3 Å². The van der Waals surface area contributed by atoms with Crippen molar-refractivity contribution < 1.29 is 69.6 Å². The summed E-state index contributed by atoms with van der Waals surface area (Å²) in [5.41, 5.74) is 13.6. The summed E-state index contributed by atoms with van der Waals surface area (Å²) in [6.07, 6.45) is -2.95. The molecule has 0 spiro atoms. The van der Waals surface area contributed by atoms with Crippen LogP contribution in [0.4, 0.5) is 11.4 Å². The Morgan fingerprint density at radius 2 is 0.745 bits per heavy atom. The number of aliphatic hydroxyl groups excluding tert-OH is 6. The van der Waals surface area contributed by atoms with Gasteiger partial charge in [-0.3, -0.25) is 28.8 Å². The highest BCUT2D eigenvalue weighted by atomic mass is 127. The molecule has 0 aromatic heterocycles. The number of halogens is 6. The fraction of sp³-hybridized carbons (Fsp3) is 0.379. The molecule has 0 saturated carbocycles. The fourth-order valence-electron chi connectivity index (χ4n) is 3.54. The first-order valence-corrected chi connectivity index (χ1v) is 21.4. The zero-order valence-corrected chi connectivity index (χ0v) is 40.9. The Morgan fingerprint density at radius 3 is 0.945 bits per heavy atom. The van der Waals surface area contributed by atoms with E-state index in [1.807, 2.05) is 136 Å². The molecular weight excluding hydrogens is 1420 g/mol. The summed E-state index contributed by atoms with van der Waals surface area (Å²) in [6, 6.07) is 0. The Bertz CT molecular complexity index is 1600. The van der Waals surface area contributed by atoms with Gasteiger partial charge in [0.15, 0.2) is 0 Å². The smallest absolute Gasteiger partial charge is 0.314 e. The highest BCUT2D eigenvalue weighted by molar-refractivity contribution is 14.1. The van der Waals surface area contributed by atoms with E-state index in [-0.39, 0.29) is 61.6 Å². The van der Waals surface area contributed by atoms with Crippen LogP contribution in [0.2, 0.25) is 0 Å². The van der Waals surface area contributed by atoms with Crippen LogP contribution in [0.5, 0.6) is 0 Å². The molecule has 0 fully saturated rings. The SMILES string of the molecule is Nc1c(I)c(C(=O)NCCO)c(I)c(C(=O)NCC(O)CO)c1I.Nc1c(I)c(C(=O)NCCO)c(I)c(C(=O)NCC(O)CO)c1I.O=C(O)CC(=O)O. The molecule has 4 amide bonds. The van der Waals surface area contributed by atoms with E-state index in [1.165, 1.54) is 0 Å². The van der Waals surface area contributed by atoms with Gasteiger partial charge in [0.25, 0.3) is 23.6 Å². The summed E-state index contributed by atoms with van der Waals surface area (Å²) >= 11 is 11.5. The summed E-state index contributed by atoms with van der Waals surface area (Å²) in [4.78, 5) is 68.3. The maximum atomic E-state index is 12.4. The van der Waals surface area contributed by atoms with Crippen LogP contribution in [0, 0.1) is 21.4 Å². The summed E-state index contributed by atoms with van der Waals surface area (Å²) in [7, 11) is 0. The maximum absolute atomic E-state index is 12.4. The lowest BCUT2D eigenvalue weighted by molar-refractivity contribution is -0.147. The number of hydrogen-bond donors (Lipinski definition) is 14. The number of benzene rings is 2. The number of carbonyl (C=O) groups is 6. The number of anilines is 2. The van der Waals surface area contributed by atoms with Crippen molar-refractivity contribution in [3.63, 3.8) is 0 Å². The predicted octanol–water partition coefficient (Wildman–Crippen LogP) is -0.679. The van der Waals surface area contributed by atoms with E-state index < -0.39 is 67.4 Å². The number of carboxylic acid groups (broad SMARTS) is 2. The number of nitrogen functional groups attached to an aromatic ring is 2. The van der Waals surface area contributed by atoms with E-state index in [9.17, 15) is 39.0 Å². The number of aliphatic hydroxyl groups is 6. The lowest BCUT2D eigenvalue weighted by atomic mass is 10.1. The Morgan fingerprint density at radius 1 is 0.491 bits per heavy atom. The predicted molar refractivity (Wildman–Crippen MR) is 248 cm³/mol. The second-order valence-electron chi connectivity index (χ2n) is 10.2. The van der Waals surface area contributed by atoms with E-state index in [0.717, 1.165) is 0 Å². The van der Waals surface area contributed by atoms with Crippen molar-refractivity contribution in [1.82, 2.24) is 21.3 Å². The number of nitrogens with one attached hydrogen (secondary N) is 4. The number of rotatable bonds is 16. The van der Waals surface area contributed by atoms with Gasteiger partial charge in [-0.2, -0.15) is 0 Å². The average Bonchev–Trinajstić information content (AvgIpc) is 3.12. The highest BCUT2D eigenvalue weighted by Crippen LogP contribution is 2.35. The van der Waals surface area contributed by atoms with Gasteiger partial charge >= 0.3 is 11.9 Å². The first-order valence-electron chi connectivity index (χ1n) is 14.9. The van der Waals surface area contributed by atoms with Crippen LogP contribution < -0.4 is 32.7 Å². The Hall–Kier alpha value is -1.00. The van der Waals surface area contributed by atoms with E-state index in [1.54, 1.807) is 0 Å². The van der Waals surface area contributed by atoms with Crippen LogP contribution >= 0.6 is 136 Å². The molecule has 2 unspecified atom stereocenters. The molecule has 0 saturated heterocycles. The Kier molecular flexibility index (Phi) is 27.1. The van der Waals surface area contributed by atoms with Crippen LogP contribution in [0.15, 0.2) is 0 Å². The van der Waals surface area contributed by atoms with Crippen molar-refractivity contribution in [2.24, 2.45) is 0 Å². The minimum Gasteiger partial charge on any atom is -0.481 e. The van der Waals surface area contributed by atoms with Crippen molar-refractivity contribution in [3.05, 3.63) is 43.7 Å².